The first kappa shape index (κ1) is 18.3. The van der Waals surface area contributed by atoms with Crippen LogP contribution < -0.4 is 4.90 Å². The first-order valence-corrected chi connectivity index (χ1v) is 8.75. The molecule has 1 heterocycles. The molecule has 1 aliphatic heterocycles. The number of nitro benzene ring substituents is 2. The van der Waals surface area contributed by atoms with E-state index in [2.05, 4.69) is 0 Å². The van der Waals surface area contributed by atoms with Gasteiger partial charge in [0.25, 0.3) is 11.4 Å². The van der Waals surface area contributed by atoms with E-state index in [1.165, 1.54) is 17.0 Å². The number of benzene rings is 3. The van der Waals surface area contributed by atoms with Crippen LogP contribution >= 0.6 is 0 Å². The summed E-state index contributed by atoms with van der Waals surface area (Å²) in [5.74, 6) is -0.359. The number of carbonyl (C=O) groups excluding carboxylic acids is 1. The molecule has 1 unspecified atom stereocenters. The maximum absolute atomic E-state index is 13.6. The summed E-state index contributed by atoms with van der Waals surface area (Å²) < 4.78 is 0. The Balaban J connectivity index is 2.15. The molecule has 0 saturated carbocycles. The Bertz CT molecular complexity index is 1160. The summed E-state index contributed by atoms with van der Waals surface area (Å²) in [6.07, 6.45) is 0. The molecule has 0 aliphatic carbocycles. The Morgan fingerprint density at radius 3 is 2.14 bits per heavy atom. The molecule has 0 spiro atoms. The van der Waals surface area contributed by atoms with E-state index in [0.29, 0.717) is 16.8 Å². The molecule has 1 aliphatic rings. The summed E-state index contributed by atoms with van der Waals surface area (Å²) in [4.78, 5) is 36.8. The normalized spacial score (nSPS) is 17.8. The van der Waals surface area contributed by atoms with Gasteiger partial charge in [-0.05, 0) is 17.7 Å². The van der Waals surface area contributed by atoms with Crippen molar-refractivity contribution in [1.82, 2.24) is 0 Å². The van der Waals surface area contributed by atoms with Crippen LogP contribution in [-0.2, 0) is 10.2 Å². The Morgan fingerprint density at radius 1 is 0.828 bits per heavy atom. The van der Waals surface area contributed by atoms with E-state index in [-0.39, 0.29) is 11.5 Å². The fraction of sp³-hybridized carbons (Fsp3) is 0.0952. The smallest absolute Gasteiger partial charge is 0.281 e. The standard InChI is InChI=1S/C21H15N3O5/c1-22-18-10-6-5-9-16(18)21(20(22)25,14-7-3-2-4-8-14)17-12-11-15(23(26)27)13-19(17)24(28)29/h2-13H,1H3. The largest absolute Gasteiger partial charge is 0.314 e. The van der Waals surface area contributed by atoms with E-state index in [0.717, 1.165) is 6.07 Å². The topological polar surface area (TPSA) is 107 Å². The quantitative estimate of drug-likeness (QED) is 0.498. The number of nitro groups is 2. The molecule has 0 fully saturated rings. The Morgan fingerprint density at radius 2 is 1.48 bits per heavy atom. The van der Waals surface area contributed by atoms with Gasteiger partial charge in [0.05, 0.1) is 21.5 Å². The highest BCUT2D eigenvalue weighted by Crippen LogP contribution is 2.52. The fourth-order valence-electron chi connectivity index (χ4n) is 4.04. The summed E-state index contributed by atoms with van der Waals surface area (Å²) in [5.41, 5.74) is -0.480. The van der Waals surface area contributed by atoms with Gasteiger partial charge in [0.2, 0.25) is 5.91 Å². The van der Waals surface area contributed by atoms with Crippen LogP contribution in [0.4, 0.5) is 17.1 Å². The maximum atomic E-state index is 13.6. The number of carbonyl (C=O) groups is 1. The van der Waals surface area contributed by atoms with Gasteiger partial charge in [-0.25, -0.2) is 0 Å². The molecule has 3 aromatic rings. The summed E-state index contributed by atoms with van der Waals surface area (Å²) >= 11 is 0. The predicted molar refractivity (Wildman–Crippen MR) is 106 cm³/mol. The van der Waals surface area contributed by atoms with Gasteiger partial charge in [0.15, 0.2) is 0 Å². The second kappa shape index (κ2) is 6.52. The van der Waals surface area contributed by atoms with Crippen LogP contribution in [0.1, 0.15) is 16.7 Å². The third-order valence-electron chi connectivity index (χ3n) is 5.29. The van der Waals surface area contributed by atoms with E-state index in [1.807, 2.05) is 0 Å². The van der Waals surface area contributed by atoms with Crippen molar-refractivity contribution in [1.29, 1.82) is 0 Å². The molecule has 1 atom stereocenters. The van der Waals surface area contributed by atoms with Crippen molar-refractivity contribution in [2.75, 3.05) is 11.9 Å². The molecule has 0 bridgehead atoms. The average Bonchev–Trinajstić information content (AvgIpc) is 2.96. The van der Waals surface area contributed by atoms with Gasteiger partial charge in [-0.15, -0.1) is 0 Å². The van der Waals surface area contributed by atoms with E-state index in [9.17, 15) is 25.0 Å². The maximum Gasteiger partial charge on any atom is 0.281 e. The lowest BCUT2D eigenvalue weighted by molar-refractivity contribution is -0.394. The van der Waals surface area contributed by atoms with E-state index < -0.39 is 26.6 Å². The zero-order valence-electron chi connectivity index (χ0n) is 15.3. The van der Waals surface area contributed by atoms with Gasteiger partial charge >= 0.3 is 0 Å². The second-order valence-corrected chi connectivity index (χ2v) is 6.71. The molecule has 29 heavy (non-hydrogen) atoms. The molecule has 0 aromatic heterocycles. The van der Waals surface area contributed by atoms with Crippen LogP contribution in [0.3, 0.4) is 0 Å². The zero-order valence-corrected chi connectivity index (χ0v) is 15.3. The second-order valence-electron chi connectivity index (χ2n) is 6.71. The van der Waals surface area contributed by atoms with Crippen molar-refractivity contribution in [3.05, 3.63) is 110 Å². The third kappa shape index (κ3) is 2.49. The highest BCUT2D eigenvalue weighted by Gasteiger charge is 2.55. The van der Waals surface area contributed by atoms with Gasteiger partial charge in [0.1, 0.15) is 5.41 Å². The zero-order chi connectivity index (χ0) is 20.8. The minimum Gasteiger partial charge on any atom is -0.314 e. The first-order valence-electron chi connectivity index (χ1n) is 8.75. The van der Waals surface area contributed by atoms with Crippen LogP contribution in [0.25, 0.3) is 0 Å². The minimum absolute atomic E-state index is 0.0982. The van der Waals surface area contributed by atoms with Crippen molar-refractivity contribution in [3.8, 4) is 0 Å². The lowest BCUT2D eigenvalue weighted by atomic mass is 9.69. The molecule has 144 valence electrons. The summed E-state index contributed by atoms with van der Waals surface area (Å²) in [5, 5.41) is 23.1. The van der Waals surface area contributed by atoms with Crippen molar-refractivity contribution >= 4 is 23.0 Å². The predicted octanol–water partition coefficient (Wildman–Crippen LogP) is 3.81. The lowest BCUT2D eigenvalue weighted by Crippen LogP contribution is -2.41. The molecular formula is C21H15N3O5. The molecular weight excluding hydrogens is 374 g/mol. The molecule has 4 rings (SSSR count). The van der Waals surface area contributed by atoms with E-state index in [4.69, 9.17) is 0 Å². The van der Waals surface area contributed by atoms with Crippen molar-refractivity contribution in [3.63, 3.8) is 0 Å². The van der Waals surface area contributed by atoms with Crippen LogP contribution in [0.15, 0.2) is 72.8 Å². The number of non-ortho nitro benzene ring substituents is 1. The Kier molecular flexibility index (Phi) is 4.11. The van der Waals surface area contributed by atoms with Crippen molar-refractivity contribution in [2.24, 2.45) is 0 Å². The van der Waals surface area contributed by atoms with Gasteiger partial charge < -0.3 is 4.90 Å². The highest BCUT2D eigenvalue weighted by atomic mass is 16.6. The minimum atomic E-state index is -1.48. The van der Waals surface area contributed by atoms with Crippen LogP contribution in [0.5, 0.6) is 0 Å². The monoisotopic (exact) mass is 389 g/mol. The number of amides is 1. The first-order chi connectivity index (χ1) is 13.9. The number of hydrogen-bond acceptors (Lipinski definition) is 5. The number of hydrogen-bond donors (Lipinski definition) is 0. The molecule has 8 heteroatoms. The fourth-order valence-corrected chi connectivity index (χ4v) is 4.04. The summed E-state index contributed by atoms with van der Waals surface area (Å²) in [6, 6.07) is 19.3. The van der Waals surface area contributed by atoms with Gasteiger partial charge in [-0.1, -0.05) is 48.5 Å². The summed E-state index contributed by atoms with van der Waals surface area (Å²) in [7, 11) is 1.61. The molecule has 3 aromatic carbocycles. The summed E-state index contributed by atoms with van der Waals surface area (Å²) in [6.45, 7) is 0. The van der Waals surface area contributed by atoms with Gasteiger partial charge in [-0.3, -0.25) is 25.0 Å². The van der Waals surface area contributed by atoms with Gasteiger partial charge in [0, 0.05) is 24.4 Å². The van der Waals surface area contributed by atoms with Crippen molar-refractivity contribution < 1.29 is 14.6 Å². The Hall–Kier alpha value is -4.07. The lowest BCUT2D eigenvalue weighted by Gasteiger charge is -2.29. The highest BCUT2D eigenvalue weighted by molar-refractivity contribution is 6.13. The number of para-hydroxylation sites is 1. The van der Waals surface area contributed by atoms with Crippen molar-refractivity contribution in [2.45, 2.75) is 5.41 Å². The SMILES string of the molecule is CN1C(=O)C(c2ccccc2)(c2ccc([N+](=O)[O-])cc2[N+](=O)[O-])c2ccccc21. The number of likely N-dealkylation sites (N-methyl/N-ethyl adjacent to an activating group) is 1. The van der Waals surface area contributed by atoms with E-state index in [1.54, 1.807) is 61.6 Å². The molecule has 8 nitrogen and oxygen atoms in total. The molecule has 0 saturated heterocycles. The number of nitrogens with zero attached hydrogens (tertiary/aromatic N) is 3. The average molecular weight is 389 g/mol. The molecule has 1 amide bonds. The van der Waals surface area contributed by atoms with Gasteiger partial charge in [-0.2, -0.15) is 0 Å². The Labute approximate surface area is 165 Å². The third-order valence-corrected chi connectivity index (χ3v) is 5.29. The molecule has 0 N–H and O–H groups in total. The molecule has 0 radical (unpaired) electrons. The number of rotatable bonds is 4. The van der Waals surface area contributed by atoms with Crippen LogP contribution in [0, 0.1) is 20.2 Å². The van der Waals surface area contributed by atoms with Crippen LogP contribution in [0.2, 0.25) is 0 Å². The van der Waals surface area contributed by atoms with Crippen LogP contribution in [-0.4, -0.2) is 22.8 Å². The van der Waals surface area contributed by atoms with E-state index >= 15 is 0 Å². The number of anilines is 1. The number of fused-ring (bicyclic) bond motifs is 1.